The van der Waals surface area contributed by atoms with Gasteiger partial charge < -0.3 is 9.15 Å². The van der Waals surface area contributed by atoms with Crippen molar-refractivity contribution in [2.45, 2.75) is 6.92 Å². The molecule has 154 valence electrons. The first-order valence-electron chi connectivity index (χ1n) is 9.66. The largest absolute Gasteiger partial charge is 0.497 e. The molecule has 0 spiro atoms. The van der Waals surface area contributed by atoms with E-state index in [1.54, 1.807) is 36.3 Å². The summed E-state index contributed by atoms with van der Waals surface area (Å²) in [4.78, 5) is 19.7. The van der Waals surface area contributed by atoms with Crippen molar-refractivity contribution >= 4 is 34.6 Å². The number of amidine groups is 1. The van der Waals surface area contributed by atoms with E-state index in [-0.39, 0.29) is 5.91 Å². The Bertz CT molecular complexity index is 1220. The molecule has 7 heteroatoms. The Morgan fingerprint density at radius 3 is 2.65 bits per heavy atom. The molecule has 0 N–H and O–H groups in total. The molecule has 0 radical (unpaired) electrons. The zero-order chi connectivity index (χ0) is 21.8. The van der Waals surface area contributed by atoms with Crippen LogP contribution in [0.5, 0.6) is 5.75 Å². The van der Waals surface area contributed by atoms with Crippen molar-refractivity contribution in [1.29, 1.82) is 5.26 Å². The van der Waals surface area contributed by atoms with Gasteiger partial charge >= 0.3 is 0 Å². The van der Waals surface area contributed by atoms with Gasteiger partial charge in [0.2, 0.25) is 0 Å². The fraction of sp³-hybridized carbons (Fsp3) is 0.125. The zero-order valence-electron chi connectivity index (χ0n) is 17.0. The van der Waals surface area contributed by atoms with Crippen LogP contribution in [0.3, 0.4) is 0 Å². The van der Waals surface area contributed by atoms with Crippen molar-refractivity contribution in [3.63, 3.8) is 0 Å². The number of aliphatic imine (C=N–C) groups is 1. The standard InChI is InChI=1S/C24H19N3O3S/c1-3-27-23(28)22(31-24(27)26-17-8-10-18(29-2)11-9-17)14-19-12-13-21(30-19)20-7-5-4-6-16(20)15-25/h4-14H,3H2,1-2H3/b22-14+,26-24?. The fourth-order valence-electron chi connectivity index (χ4n) is 3.14. The van der Waals surface area contributed by atoms with Gasteiger partial charge in [-0.3, -0.25) is 9.69 Å². The molecule has 0 aliphatic carbocycles. The number of furan rings is 1. The number of hydrogen-bond acceptors (Lipinski definition) is 6. The molecule has 1 aliphatic heterocycles. The number of likely N-dealkylation sites (N-methyl/N-ethyl adjacent to an activating group) is 1. The second kappa shape index (κ2) is 8.94. The first kappa shape index (κ1) is 20.5. The third-order valence-corrected chi connectivity index (χ3v) is 5.72. The van der Waals surface area contributed by atoms with Crippen LogP contribution in [-0.2, 0) is 4.79 Å². The normalized spacial score (nSPS) is 16.2. The van der Waals surface area contributed by atoms with Crippen molar-refractivity contribution < 1.29 is 13.9 Å². The van der Waals surface area contributed by atoms with E-state index in [0.717, 1.165) is 17.0 Å². The van der Waals surface area contributed by atoms with Crippen LogP contribution in [0.2, 0.25) is 0 Å². The molecule has 2 heterocycles. The van der Waals surface area contributed by atoms with E-state index in [9.17, 15) is 10.1 Å². The molecule has 0 unspecified atom stereocenters. The van der Waals surface area contributed by atoms with Crippen LogP contribution in [0, 0.1) is 11.3 Å². The molecule has 1 amide bonds. The van der Waals surface area contributed by atoms with Crippen LogP contribution in [-0.4, -0.2) is 29.6 Å². The van der Waals surface area contributed by atoms with E-state index >= 15 is 0 Å². The summed E-state index contributed by atoms with van der Waals surface area (Å²) in [6.07, 6.45) is 1.71. The third kappa shape index (κ3) is 4.25. The molecule has 1 saturated heterocycles. The second-order valence-electron chi connectivity index (χ2n) is 6.61. The quantitative estimate of drug-likeness (QED) is 0.504. The Kier molecular flexibility index (Phi) is 5.92. The first-order valence-corrected chi connectivity index (χ1v) is 10.5. The molecular weight excluding hydrogens is 410 g/mol. The van der Waals surface area contributed by atoms with Gasteiger partial charge in [-0.25, -0.2) is 4.99 Å². The summed E-state index contributed by atoms with van der Waals surface area (Å²) in [5.74, 6) is 1.76. The van der Waals surface area contributed by atoms with Crippen molar-refractivity contribution in [2.75, 3.05) is 13.7 Å². The monoisotopic (exact) mass is 429 g/mol. The maximum atomic E-state index is 12.9. The van der Waals surface area contributed by atoms with E-state index < -0.39 is 0 Å². The average molecular weight is 430 g/mol. The lowest BCUT2D eigenvalue weighted by Gasteiger charge is -2.12. The number of carbonyl (C=O) groups excluding carboxylic acids is 1. The smallest absolute Gasteiger partial charge is 0.266 e. The Labute approximate surface area is 184 Å². The van der Waals surface area contributed by atoms with Gasteiger partial charge in [-0.05, 0) is 67.2 Å². The highest BCUT2D eigenvalue weighted by Gasteiger charge is 2.32. The minimum absolute atomic E-state index is 0.116. The number of nitrogens with zero attached hydrogens (tertiary/aromatic N) is 3. The molecule has 31 heavy (non-hydrogen) atoms. The van der Waals surface area contributed by atoms with Crippen molar-refractivity contribution in [3.8, 4) is 23.1 Å². The number of ether oxygens (including phenoxy) is 1. The van der Waals surface area contributed by atoms with E-state index in [4.69, 9.17) is 9.15 Å². The highest BCUT2D eigenvalue weighted by atomic mass is 32.2. The van der Waals surface area contributed by atoms with Gasteiger partial charge in [0, 0.05) is 18.2 Å². The summed E-state index contributed by atoms with van der Waals surface area (Å²) in [5.41, 5.74) is 2.00. The van der Waals surface area contributed by atoms with E-state index in [1.807, 2.05) is 49.4 Å². The number of thioether (sulfide) groups is 1. The van der Waals surface area contributed by atoms with Crippen molar-refractivity contribution in [2.24, 2.45) is 4.99 Å². The van der Waals surface area contributed by atoms with E-state index in [1.165, 1.54) is 11.8 Å². The highest BCUT2D eigenvalue weighted by molar-refractivity contribution is 8.18. The zero-order valence-corrected chi connectivity index (χ0v) is 17.8. The molecule has 1 aromatic heterocycles. The lowest BCUT2D eigenvalue weighted by atomic mass is 10.1. The molecule has 6 nitrogen and oxygen atoms in total. The van der Waals surface area contributed by atoms with Gasteiger partial charge in [0.1, 0.15) is 17.3 Å². The van der Waals surface area contributed by atoms with Crippen LogP contribution >= 0.6 is 11.8 Å². The third-order valence-electron chi connectivity index (χ3n) is 4.71. The van der Waals surface area contributed by atoms with Gasteiger partial charge in [0.25, 0.3) is 5.91 Å². The molecule has 4 rings (SSSR count). The fourth-order valence-corrected chi connectivity index (χ4v) is 4.18. The molecule has 1 fully saturated rings. The molecule has 0 saturated carbocycles. The average Bonchev–Trinajstić information content (AvgIpc) is 3.38. The number of amides is 1. The second-order valence-corrected chi connectivity index (χ2v) is 7.62. The maximum Gasteiger partial charge on any atom is 0.266 e. The number of methoxy groups -OCH3 is 1. The van der Waals surface area contributed by atoms with Crippen molar-refractivity contribution in [3.05, 3.63) is 76.9 Å². The summed E-state index contributed by atoms with van der Waals surface area (Å²) in [7, 11) is 1.61. The van der Waals surface area contributed by atoms with Crippen LogP contribution in [0.15, 0.2) is 75.0 Å². The maximum absolute atomic E-state index is 12.9. The Morgan fingerprint density at radius 2 is 1.94 bits per heavy atom. The number of hydrogen-bond donors (Lipinski definition) is 0. The summed E-state index contributed by atoms with van der Waals surface area (Å²) in [6, 6.07) is 20.4. The minimum atomic E-state index is -0.116. The Hall–Kier alpha value is -3.76. The Balaban J connectivity index is 1.61. The molecule has 0 atom stereocenters. The molecule has 0 bridgehead atoms. The van der Waals surface area contributed by atoms with Gasteiger partial charge in [-0.1, -0.05) is 12.1 Å². The number of carbonyl (C=O) groups is 1. The molecule has 3 aromatic rings. The van der Waals surface area contributed by atoms with Gasteiger partial charge in [0.15, 0.2) is 5.17 Å². The summed E-state index contributed by atoms with van der Waals surface area (Å²) in [5, 5.41) is 9.93. The number of rotatable bonds is 5. The SMILES string of the molecule is CCN1C(=O)/C(=C\c2ccc(-c3ccccc3C#N)o2)SC1=Nc1ccc(OC)cc1. The van der Waals surface area contributed by atoms with Gasteiger partial charge in [-0.15, -0.1) is 0 Å². The van der Waals surface area contributed by atoms with Crippen LogP contribution in [0.4, 0.5) is 5.69 Å². The predicted molar refractivity (Wildman–Crippen MR) is 122 cm³/mol. The van der Waals surface area contributed by atoms with E-state index in [2.05, 4.69) is 11.1 Å². The lowest BCUT2D eigenvalue weighted by molar-refractivity contribution is -0.122. The number of benzene rings is 2. The summed E-state index contributed by atoms with van der Waals surface area (Å²) < 4.78 is 11.1. The van der Waals surface area contributed by atoms with Gasteiger partial charge in [-0.2, -0.15) is 5.26 Å². The highest BCUT2D eigenvalue weighted by Crippen LogP contribution is 2.35. The summed E-state index contributed by atoms with van der Waals surface area (Å²) >= 11 is 1.31. The molecule has 2 aromatic carbocycles. The topological polar surface area (TPSA) is 78.8 Å². The van der Waals surface area contributed by atoms with Crippen LogP contribution < -0.4 is 4.74 Å². The van der Waals surface area contributed by atoms with E-state index in [0.29, 0.717) is 33.7 Å². The van der Waals surface area contributed by atoms with Crippen LogP contribution in [0.25, 0.3) is 17.4 Å². The van der Waals surface area contributed by atoms with Crippen molar-refractivity contribution in [1.82, 2.24) is 4.90 Å². The molecule has 1 aliphatic rings. The first-order chi connectivity index (χ1) is 15.1. The predicted octanol–water partition coefficient (Wildman–Crippen LogP) is 5.45. The Morgan fingerprint density at radius 1 is 1.16 bits per heavy atom. The molecular formula is C24H19N3O3S. The number of nitriles is 1. The van der Waals surface area contributed by atoms with Crippen LogP contribution in [0.1, 0.15) is 18.2 Å². The summed E-state index contributed by atoms with van der Waals surface area (Å²) in [6.45, 7) is 2.42. The van der Waals surface area contributed by atoms with Gasteiger partial charge in [0.05, 0.1) is 29.3 Å². The minimum Gasteiger partial charge on any atom is -0.497 e. The lowest BCUT2D eigenvalue weighted by Crippen LogP contribution is -2.28.